The van der Waals surface area contributed by atoms with Crippen molar-refractivity contribution in [2.75, 3.05) is 13.1 Å². The van der Waals surface area contributed by atoms with Gasteiger partial charge in [-0.2, -0.15) is 18.3 Å². The molecule has 1 saturated carbocycles. The van der Waals surface area contributed by atoms with Gasteiger partial charge in [0.25, 0.3) is 5.91 Å². The number of halogens is 3. The molecule has 3 aromatic rings. The van der Waals surface area contributed by atoms with Crippen molar-refractivity contribution >= 4 is 5.91 Å². The van der Waals surface area contributed by atoms with Crippen LogP contribution in [0.1, 0.15) is 58.9 Å². The van der Waals surface area contributed by atoms with Crippen LogP contribution in [0, 0.1) is 0 Å². The second-order valence-electron chi connectivity index (χ2n) is 9.02. The highest BCUT2D eigenvalue weighted by molar-refractivity contribution is 5.95. The first-order valence-corrected chi connectivity index (χ1v) is 11.6. The Balaban J connectivity index is 1.27. The quantitative estimate of drug-likeness (QED) is 0.575. The number of nitrogens with one attached hydrogen (secondary N) is 1. The minimum Gasteiger partial charge on any atom is -0.349 e. The lowest BCUT2D eigenvalue weighted by atomic mass is 10.0. The van der Waals surface area contributed by atoms with E-state index in [1.807, 2.05) is 18.2 Å². The third-order valence-electron chi connectivity index (χ3n) is 6.47. The smallest absolute Gasteiger partial charge is 0.349 e. The second-order valence-corrected chi connectivity index (χ2v) is 9.02. The second kappa shape index (κ2) is 9.21. The molecule has 0 unspecified atom stereocenters. The van der Waals surface area contributed by atoms with E-state index in [1.54, 1.807) is 12.3 Å². The van der Waals surface area contributed by atoms with E-state index in [-0.39, 0.29) is 17.9 Å². The number of hydrogen-bond donors (Lipinski definition) is 1. The SMILES string of the molecule is O=C(NC1CCN(Cc2ccccn2)CC1)c1cnn(-c2cccc(C(F)(F)F)c2)c1C1CC1. The topological polar surface area (TPSA) is 63.1 Å². The number of amides is 1. The summed E-state index contributed by atoms with van der Waals surface area (Å²) < 4.78 is 41.1. The predicted molar refractivity (Wildman–Crippen MR) is 121 cm³/mol. The molecule has 1 aromatic carbocycles. The van der Waals surface area contributed by atoms with Crippen LogP contribution in [0.25, 0.3) is 5.69 Å². The molecule has 1 saturated heterocycles. The van der Waals surface area contributed by atoms with Gasteiger partial charge in [-0.15, -0.1) is 0 Å². The molecule has 6 nitrogen and oxygen atoms in total. The van der Waals surface area contributed by atoms with E-state index in [0.29, 0.717) is 16.9 Å². The minimum absolute atomic E-state index is 0.0523. The van der Waals surface area contributed by atoms with Crippen molar-refractivity contribution in [1.29, 1.82) is 0 Å². The molecule has 0 spiro atoms. The van der Waals surface area contributed by atoms with Crippen LogP contribution in [-0.4, -0.2) is 44.7 Å². The lowest BCUT2D eigenvalue weighted by Gasteiger charge is -2.32. The maximum Gasteiger partial charge on any atom is 0.416 e. The summed E-state index contributed by atoms with van der Waals surface area (Å²) in [6, 6.07) is 11.0. The molecule has 34 heavy (non-hydrogen) atoms. The number of nitrogens with zero attached hydrogens (tertiary/aromatic N) is 4. The molecule has 2 aliphatic rings. The first-order chi connectivity index (χ1) is 16.4. The fourth-order valence-corrected chi connectivity index (χ4v) is 4.52. The average Bonchev–Trinajstić information content (AvgIpc) is 3.58. The van der Waals surface area contributed by atoms with E-state index in [0.717, 1.165) is 63.1 Å². The van der Waals surface area contributed by atoms with Crippen LogP contribution in [0.2, 0.25) is 0 Å². The summed E-state index contributed by atoms with van der Waals surface area (Å²) in [6.07, 6.45) is 2.30. The maximum atomic E-state index is 13.2. The molecule has 0 atom stereocenters. The zero-order valence-electron chi connectivity index (χ0n) is 18.6. The van der Waals surface area contributed by atoms with E-state index in [4.69, 9.17) is 0 Å². The molecule has 2 aromatic heterocycles. The normalized spacial score (nSPS) is 17.6. The fraction of sp³-hybridized carbons (Fsp3) is 0.400. The molecule has 0 radical (unpaired) electrons. The molecule has 5 rings (SSSR count). The summed E-state index contributed by atoms with van der Waals surface area (Å²) in [5, 5.41) is 7.45. The Morgan fingerprint density at radius 2 is 1.85 bits per heavy atom. The van der Waals surface area contributed by atoms with Gasteiger partial charge in [0.2, 0.25) is 0 Å². The van der Waals surface area contributed by atoms with Crippen molar-refractivity contribution in [1.82, 2.24) is 25.0 Å². The van der Waals surface area contributed by atoms with Crippen molar-refractivity contribution in [3.63, 3.8) is 0 Å². The first kappa shape index (κ1) is 22.6. The first-order valence-electron chi connectivity index (χ1n) is 11.6. The number of alkyl halides is 3. The van der Waals surface area contributed by atoms with Crippen molar-refractivity contribution in [3.05, 3.63) is 77.4 Å². The van der Waals surface area contributed by atoms with Crippen LogP contribution in [0.4, 0.5) is 13.2 Å². The van der Waals surface area contributed by atoms with Crippen molar-refractivity contribution in [3.8, 4) is 5.69 Å². The summed E-state index contributed by atoms with van der Waals surface area (Å²) in [7, 11) is 0. The van der Waals surface area contributed by atoms with Gasteiger partial charge in [-0.05, 0) is 56.0 Å². The van der Waals surface area contributed by atoms with Crippen LogP contribution in [0.15, 0.2) is 54.9 Å². The number of likely N-dealkylation sites (tertiary alicyclic amines) is 1. The molecular weight excluding hydrogens is 443 g/mol. The number of pyridine rings is 1. The van der Waals surface area contributed by atoms with Crippen LogP contribution in [-0.2, 0) is 12.7 Å². The summed E-state index contributed by atoms with van der Waals surface area (Å²) >= 11 is 0. The molecule has 1 N–H and O–H groups in total. The number of hydrogen-bond acceptors (Lipinski definition) is 4. The van der Waals surface area contributed by atoms with Gasteiger partial charge in [-0.3, -0.25) is 14.7 Å². The van der Waals surface area contributed by atoms with Crippen molar-refractivity contribution < 1.29 is 18.0 Å². The highest BCUT2D eigenvalue weighted by Crippen LogP contribution is 2.43. The largest absolute Gasteiger partial charge is 0.416 e. The number of piperidine rings is 1. The highest BCUT2D eigenvalue weighted by Gasteiger charge is 2.35. The lowest BCUT2D eigenvalue weighted by Crippen LogP contribution is -2.44. The fourth-order valence-electron chi connectivity index (χ4n) is 4.52. The lowest BCUT2D eigenvalue weighted by molar-refractivity contribution is -0.137. The van der Waals surface area contributed by atoms with E-state index >= 15 is 0 Å². The van der Waals surface area contributed by atoms with Crippen LogP contribution >= 0.6 is 0 Å². The predicted octanol–water partition coefficient (Wildman–Crippen LogP) is 4.56. The van der Waals surface area contributed by atoms with E-state index < -0.39 is 11.7 Å². The van der Waals surface area contributed by atoms with Gasteiger partial charge < -0.3 is 5.32 Å². The van der Waals surface area contributed by atoms with Gasteiger partial charge in [0.15, 0.2) is 0 Å². The summed E-state index contributed by atoms with van der Waals surface area (Å²) in [5.74, 6) is -0.0682. The molecule has 1 aliphatic carbocycles. The van der Waals surface area contributed by atoms with E-state index in [1.165, 1.54) is 16.9 Å². The molecule has 9 heteroatoms. The maximum absolute atomic E-state index is 13.2. The summed E-state index contributed by atoms with van der Waals surface area (Å²) in [4.78, 5) is 19.8. The van der Waals surface area contributed by atoms with Gasteiger partial charge in [-0.1, -0.05) is 12.1 Å². The van der Waals surface area contributed by atoms with Crippen LogP contribution in [0.5, 0.6) is 0 Å². The van der Waals surface area contributed by atoms with Gasteiger partial charge in [0.05, 0.1) is 34.4 Å². The Morgan fingerprint density at radius 3 is 2.53 bits per heavy atom. The standard InChI is InChI=1S/C25H26F3N5O/c26-25(27,28)18-4-3-6-21(14-18)33-23(17-7-8-17)22(15-30-33)24(34)31-19-9-12-32(13-10-19)16-20-5-1-2-11-29-20/h1-6,11,14-15,17,19H,7-10,12-13,16H2,(H,31,34). The Hall–Kier alpha value is -3.20. The summed E-state index contributed by atoms with van der Waals surface area (Å²) in [6.45, 7) is 2.51. The Bertz CT molecular complexity index is 1150. The van der Waals surface area contributed by atoms with Crippen LogP contribution in [0.3, 0.4) is 0 Å². The molecule has 3 heterocycles. The van der Waals surface area contributed by atoms with E-state index in [2.05, 4.69) is 20.3 Å². The zero-order valence-corrected chi connectivity index (χ0v) is 18.6. The van der Waals surface area contributed by atoms with Crippen molar-refractivity contribution in [2.24, 2.45) is 0 Å². The van der Waals surface area contributed by atoms with Gasteiger partial charge in [-0.25, -0.2) is 4.68 Å². The summed E-state index contributed by atoms with van der Waals surface area (Å²) in [5.41, 5.74) is 1.77. The average molecular weight is 470 g/mol. The Kier molecular flexibility index (Phi) is 6.12. The van der Waals surface area contributed by atoms with E-state index in [9.17, 15) is 18.0 Å². The number of benzene rings is 1. The highest BCUT2D eigenvalue weighted by atomic mass is 19.4. The third-order valence-corrected chi connectivity index (χ3v) is 6.47. The number of carbonyl (C=O) groups is 1. The van der Waals surface area contributed by atoms with Gasteiger partial charge >= 0.3 is 6.18 Å². The molecule has 2 fully saturated rings. The zero-order chi connectivity index (χ0) is 23.7. The number of aromatic nitrogens is 3. The Morgan fingerprint density at radius 1 is 1.06 bits per heavy atom. The van der Waals surface area contributed by atoms with Gasteiger partial charge in [0, 0.05) is 37.8 Å². The molecule has 1 aliphatic heterocycles. The minimum atomic E-state index is -4.44. The Labute approximate surface area is 195 Å². The molecule has 178 valence electrons. The molecular formula is C25H26F3N5O. The van der Waals surface area contributed by atoms with Crippen molar-refractivity contribution in [2.45, 2.75) is 50.4 Å². The molecule has 0 bridgehead atoms. The van der Waals surface area contributed by atoms with Gasteiger partial charge in [0.1, 0.15) is 0 Å². The number of carbonyl (C=O) groups excluding carboxylic acids is 1. The van der Waals surface area contributed by atoms with Crippen LogP contribution < -0.4 is 5.32 Å². The monoisotopic (exact) mass is 469 g/mol. The number of rotatable bonds is 6. The molecule has 1 amide bonds. The third kappa shape index (κ3) is 4.99.